The largest absolute Gasteiger partial charge is 0.356 e. The molecule has 2 heterocycles. The van der Waals surface area contributed by atoms with Crippen LogP contribution in [0.4, 0.5) is 0 Å². The molecule has 0 fully saturated rings. The third-order valence-corrected chi connectivity index (χ3v) is 4.50. The van der Waals surface area contributed by atoms with Crippen LogP contribution in [0.15, 0.2) is 52.2 Å². The Morgan fingerprint density at radius 2 is 1.93 bits per heavy atom. The van der Waals surface area contributed by atoms with Gasteiger partial charge in [-0.05, 0) is 36.6 Å². The molecule has 3 aromatic rings. The van der Waals surface area contributed by atoms with Crippen LogP contribution in [0.3, 0.4) is 0 Å². The Labute approximate surface area is 171 Å². The Kier molecular flexibility index (Phi) is 7.38. The van der Waals surface area contributed by atoms with E-state index in [1.165, 1.54) is 5.56 Å². The minimum absolute atomic E-state index is 0.287. The van der Waals surface area contributed by atoms with Gasteiger partial charge in [0.15, 0.2) is 11.8 Å². The van der Waals surface area contributed by atoms with Crippen molar-refractivity contribution in [3.8, 4) is 5.69 Å². The molecule has 0 bridgehead atoms. The van der Waals surface area contributed by atoms with Gasteiger partial charge in [0.1, 0.15) is 0 Å². The number of rotatable bonds is 9. The topological polar surface area (TPSA) is 93.2 Å². The molecular formula is C21H29N7O. The monoisotopic (exact) mass is 395 g/mol. The van der Waals surface area contributed by atoms with E-state index in [0.717, 1.165) is 49.8 Å². The van der Waals surface area contributed by atoms with Crippen molar-refractivity contribution in [1.82, 2.24) is 30.6 Å². The average molecular weight is 396 g/mol. The number of nitrogens with zero attached hydrogens (tertiary/aromatic N) is 5. The van der Waals surface area contributed by atoms with Crippen LogP contribution in [0.25, 0.3) is 5.69 Å². The summed E-state index contributed by atoms with van der Waals surface area (Å²) < 4.78 is 7.12. The van der Waals surface area contributed by atoms with Crippen molar-refractivity contribution in [2.24, 2.45) is 4.99 Å². The molecule has 0 aliphatic heterocycles. The van der Waals surface area contributed by atoms with Gasteiger partial charge in [-0.15, -0.1) is 0 Å². The molecule has 0 saturated heterocycles. The predicted octanol–water partition coefficient (Wildman–Crippen LogP) is 2.72. The van der Waals surface area contributed by atoms with Crippen LogP contribution in [-0.4, -0.2) is 46.0 Å². The number of aryl methyl sites for hydroxylation is 1. The van der Waals surface area contributed by atoms with Crippen molar-refractivity contribution in [3.63, 3.8) is 0 Å². The second-order valence-electron chi connectivity index (χ2n) is 7.10. The van der Waals surface area contributed by atoms with E-state index >= 15 is 0 Å². The zero-order valence-corrected chi connectivity index (χ0v) is 17.3. The summed E-state index contributed by atoms with van der Waals surface area (Å²) >= 11 is 0. The Hall–Kier alpha value is -3.16. The van der Waals surface area contributed by atoms with Gasteiger partial charge < -0.3 is 15.2 Å². The highest BCUT2D eigenvalue weighted by atomic mass is 16.5. The lowest BCUT2D eigenvalue weighted by atomic mass is 10.1. The molecule has 0 spiro atoms. The van der Waals surface area contributed by atoms with E-state index in [4.69, 9.17) is 4.52 Å². The van der Waals surface area contributed by atoms with Gasteiger partial charge in [0.2, 0.25) is 5.89 Å². The van der Waals surface area contributed by atoms with E-state index in [9.17, 15) is 0 Å². The first-order chi connectivity index (χ1) is 14.2. The normalized spacial score (nSPS) is 11.8. The zero-order chi connectivity index (χ0) is 20.5. The highest BCUT2D eigenvalue weighted by molar-refractivity contribution is 5.79. The molecule has 0 atom stereocenters. The standard InChI is InChI=1S/C21H29N7O/c1-16(2)20-26-19(29-27-20)6-4-12-23-21(22-3)24-14-11-17-7-9-18(10-8-17)28-15-5-13-25-28/h5,7-10,13,15-16H,4,6,11-12,14H2,1-3H3,(H2,22,23,24). The van der Waals surface area contributed by atoms with Gasteiger partial charge in [-0.1, -0.05) is 31.1 Å². The molecule has 2 aromatic heterocycles. The number of hydrogen-bond acceptors (Lipinski definition) is 5. The summed E-state index contributed by atoms with van der Waals surface area (Å²) in [6.45, 7) is 5.71. The summed E-state index contributed by atoms with van der Waals surface area (Å²) in [7, 11) is 1.78. The Morgan fingerprint density at radius 3 is 2.59 bits per heavy atom. The first-order valence-corrected chi connectivity index (χ1v) is 10.0. The maximum atomic E-state index is 5.27. The maximum absolute atomic E-state index is 5.27. The Bertz CT molecular complexity index is 882. The fourth-order valence-corrected chi connectivity index (χ4v) is 2.83. The fraction of sp³-hybridized carbons (Fsp3) is 0.429. The van der Waals surface area contributed by atoms with Crippen LogP contribution in [-0.2, 0) is 12.8 Å². The second-order valence-corrected chi connectivity index (χ2v) is 7.10. The number of hydrogen-bond donors (Lipinski definition) is 2. The summed E-state index contributed by atoms with van der Waals surface area (Å²) in [6, 6.07) is 10.3. The van der Waals surface area contributed by atoms with Crippen molar-refractivity contribution in [1.29, 1.82) is 0 Å². The molecule has 0 aliphatic carbocycles. The fourth-order valence-electron chi connectivity index (χ4n) is 2.83. The molecule has 0 amide bonds. The Balaban J connectivity index is 1.34. The minimum Gasteiger partial charge on any atom is -0.356 e. The summed E-state index contributed by atoms with van der Waals surface area (Å²) in [5.41, 5.74) is 2.33. The quantitative estimate of drug-likeness (QED) is 0.329. The van der Waals surface area contributed by atoms with E-state index in [2.05, 4.69) is 69.0 Å². The Morgan fingerprint density at radius 1 is 1.14 bits per heavy atom. The van der Waals surface area contributed by atoms with Crippen molar-refractivity contribution in [3.05, 3.63) is 60.0 Å². The zero-order valence-electron chi connectivity index (χ0n) is 17.3. The molecule has 0 radical (unpaired) electrons. The third kappa shape index (κ3) is 6.17. The minimum atomic E-state index is 0.287. The van der Waals surface area contributed by atoms with Gasteiger partial charge in [-0.3, -0.25) is 4.99 Å². The van der Waals surface area contributed by atoms with E-state index in [1.807, 2.05) is 16.9 Å². The van der Waals surface area contributed by atoms with Crippen LogP contribution in [0.1, 0.15) is 43.5 Å². The van der Waals surface area contributed by atoms with Gasteiger partial charge in [0.05, 0.1) is 5.69 Å². The highest BCUT2D eigenvalue weighted by Crippen LogP contribution is 2.10. The van der Waals surface area contributed by atoms with Gasteiger partial charge in [-0.25, -0.2) is 4.68 Å². The van der Waals surface area contributed by atoms with Gasteiger partial charge in [0.25, 0.3) is 0 Å². The molecule has 0 aliphatic rings. The summed E-state index contributed by atoms with van der Waals surface area (Å²) in [5, 5.41) is 14.9. The predicted molar refractivity (Wildman–Crippen MR) is 113 cm³/mol. The second kappa shape index (κ2) is 10.4. The smallest absolute Gasteiger partial charge is 0.226 e. The van der Waals surface area contributed by atoms with Crippen LogP contribution in [0, 0.1) is 0 Å². The van der Waals surface area contributed by atoms with Crippen molar-refractivity contribution in [2.45, 2.75) is 39.0 Å². The maximum Gasteiger partial charge on any atom is 0.226 e. The summed E-state index contributed by atoms with van der Waals surface area (Å²) in [5.74, 6) is 2.54. The average Bonchev–Trinajstić information content (AvgIpc) is 3.42. The van der Waals surface area contributed by atoms with Crippen LogP contribution < -0.4 is 10.6 Å². The molecule has 29 heavy (non-hydrogen) atoms. The van der Waals surface area contributed by atoms with Crippen LogP contribution in [0.2, 0.25) is 0 Å². The molecule has 8 heteroatoms. The first kappa shape index (κ1) is 20.6. The molecule has 0 unspecified atom stereocenters. The summed E-state index contributed by atoms with van der Waals surface area (Å²) in [4.78, 5) is 8.67. The molecular weight excluding hydrogens is 366 g/mol. The lowest BCUT2D eigenvalue weighted by Gasteiger charge is -2.11. The molecule has 8 nitrogen and oxygen atoms in total. The van der Waals surface area contributed by atoms with E-state index in [-0.39, 0.29) is 5.92 Å². The summed E-state index contributed by atoms with van der Waals surface area (Å²) in [6.07, 6.45) is 6.29. The van der Waals surface area contributed by atoms with Crippen LogP contribution in [0.5, 0.6) is 0 Å². The highest BCUT2D eigenvalue weighted by Gasteiger charge is 2.09. The lowest BCUT2D eigenvalue weighted by molar-refractivity contribution is 0.368. The van der Waals surface area contributed by atoms with Gasteiger partial charge in [-0.2, -0.15) is 10.1 Å². The van der Waals surface area contributed by atoms with E-state index < -0.39 is 0 Å². The molecule has 0 saturated carbocycles. The SMILES string of the molecule is CN=C(NCCCc1nc(C(C)C)no1)NCCc1ccc(-n2cccn2)cc1. The van der Waals surface area contributed by atoms with Crippen LogP contribution >= 0.6 is 0 Å². The lowest BCUT2D eigenvalue weighted by Crippen LogP contribution is -2.38. The van der Waals surface area contributed by atoms with Crippen molar-refractivity contribution < 1.29 is 4.52 Å². The number of aliphatic imine (C=N–C) groups is 1. The van der Waals surface area contributed by atoms with Crippen molar-refractivity contribution in [2.75, 3.05) is 20.1 Å². The molecule has 2 N–H and O–H groups in total. The molecule has 154 valence electrons. The van der Waals surface area contributed by atoms with Gasteiger partial charge in [0, 0.05) is 44.9 Å². The van der Waals surface area contributed by atoms with E-state index in [1.54, 1.807) is 13.2 Å². The van der Waals surface area contributed by atoms with Gasteiger partial charge >= 0.3 is 0 Å². The molecule has 3 rings (SSSR count). The van der Waals surface area contributed by atoms with Crippen molar-refractivity contribution >= 4 is 5.96 Å². The number of nitrogens with one attached hydrogen (secondary N) is 2. The van der Waals surface area contributed by atoms with E-state index in [0.29, 0.717) is 5.89 Å². The first-order valence-electron chi connectivity index (χ1n) is 10.0. The molecule has 1 aromatic carbocycles. The number of benzene rings is 1. The third-order valence-electron chi connectivity index (χ3n) is 4.50. The number of guanidine groups is 1. The number of aromatic nitrogens is 4.